The number of nitrogens with two attached hydrogens (primary N) is 1. The van der Waals surface area contributed by atoms with Crippen molar-refractivity contribution in [1.82, 2.24) is 4.31 Å². The Morgan fingerprint density at radius 2 is 1.96 bits per heavy atom. The summed E-state index contributed by atoms with van der Waals surface area (Å²) in [5.41, 5.74) is 4.88. The Labute approximate surface area is 144 Å². The number of hydrogen-bond acceptors (Lipinski definition) is 6. The Hall–Kier alpha value is -1.68. The summed E-state index contributed by atoms with van der Waals surface area (Å²) in [6, 6.07) is 3.73. The van der Waals surface area contributed by atoms with E-state index in [4.69, 9.17) is 26.8 Å². The van der Waals surface area contributed by atoms with Crippen molar-refractivity contribution in [3.8, 4) is 0 Å². The molecule has 1 amide bonds. The minimum atomic E-state index is -3.78. The minimum absolute atomic E-state index is 0.0117. The van der Waals surface area contributed by atoms with Crippen LogP contribution in [0.15, 0.2) is 23.1 Å². The number of hydrogen-bond donors (Lipinski definition) is 1. The Morgan fingerprint density at radius 1 is 1.33 bits per heavy atom. The third-order valence-electron chi connectivity index (χ3n) is 3.45. The normalized spacial score (nSPS) is 17.2. The highest BCUT2D eigenvalue weighted by molar-refractivity contribution is 7.89. The van der Waals surface area contributed by atoms with Gasteiger partial charge in [-0.2, -0.15) is 4.31 Å². The van der Waals surface area contributed by atoms with Crippen LogP contribution in [0, 0.1) is 0 Å². The molecule has 0 spiro atoms. The van der Waals surface area contributed by atoms with Gasteiger partial charge in [0.15, 0.2) is 6.10 Å². The summed E-state index contributed by atoms with van der Waals surface area (Å²) >= 11 is 5.94. The predicted molar refractivity (Wildman–Crippen MR) is 85.1 cm³/mol. The molecule has 0 unspecified atom stereocenters. The van der Waals surface area contributed by atoms with Crippen LogP contribution in [0.5, 0.6) is 0 Å². The molecule has 0 aromatic heterocycles. The highest BCUT2D eigenvalue weighted by atomic mass is 35.5. The predicted octanol–water partition coefficient (Wildman–Crippen LogP) is 0.391. The first-order valence-electron chi connectivity index (χ1n) is 7.11. The third kappa shape index (κ3) is 4.04. The molecule has 0 aliphatic carbocycles. The van der Waals surface area contributed by atoms with Crippen molar-refractivity contribution in [3.05, 3.63) is 28.8 Å². The van der Waals surface area contributed by atoms with Gasteiger partial charge in [0, 0.05) is 13.1 Å². The maximum atomic E-state index is 12.6. The van der Waals surface area contributed by atoms with Gasteiger partial charge < -0.3 is 15.2 Å². The fourth-order valence-corrected chi connectivity index (χ4v) is 3.67. The van der Waals surface area contributed by atoms with E-state index in [9.17, 15) is 18.0 Å². The number of morpholine rings is 1. The molecule has 8 nitrogen and oxygen atoms in total. The van der Waals surface area contributed by atoms with E-state index in [1.54, 1.807) is 0 Å². The summed E-state index contributed by atoms with van der Waals surface area (Å²) in [5.74, 6) is -1.75. The zero-order valence-electron chi connectivity index (χ0n) is 12.9. The van der Waals surface area contributed by atoms with Crippen molar-refractivity contribution in [3.63, 3.8) is 0 Å². The second kappa shape index (κ2) is 7.47. The summed E-state index contributed by atoms with van der Waals surface area (Å²) in [5, 5.41) is 0.0117. The van der Waals surface area contributed by atoms with Gasteiger partial charge in [0.05, 0.1) is 28.7 Å². The molecule has 1 atom stereocenters. The van der Waals surface area contributed by atoms with E-state index in [-0.39, 0.29) is 28.6 Å². The number of halogens is 1. The van der Waals surface area contributed by atoms with E-state index in [1.807, 2.05) is 0 Å². The van der Waals surface area contributed by atoms with Crippen molar-refractivity contribution in [2.24, 2.45) is 5.73 Å². The molecular formula is C14H17ClN2O6S. The van der Waals surface area contributed by atoms with Crippen LogP contribution in [0.4, 0.5) is 0 Å². The molecule has 132 valence electrons. The van der Waals surface area contributed by atoms with E-state index in [1.165, 1.54) is 23.4 Å². The summed E-state index contributed by atoms with van der Waals surface area (Å²) < 4.78 is 36.5. The highest BCUT2D eigenvalue weighted by Crippen LogP contribution is 2.24. The number of benzene rings is 1. The van der Waals surface area contributed by atoms with Gasteiger partial charge >= 0.3 is 5.97 Å². The lowest BCUT2D eigenvalue weighted by atomic mass is 10.2. The summed E-state index contributed by atoms with van der Waals surface area (Å²) in [4.78, 5) is 23.0. The van der Waals surface area contributed by atoms with Crippen LogP contribution in [-0.2, 0) is 24.3 Å². The number of nitrogens with zero attached hydrogens (tertiary/aromatic N) is 1. The number of carbonyl (C=O) groups is 2. The first-order valence-corrected chi connectivity index (χ1v) is 8.93. The molecule has 1 aliphatic heterocycles. The molecule has 10 heteroatoms. The van der Waals surface area contributed by atoms with Gasteiger partial charge in [-0.15, -0.1) is 0 Å². The van der Waals surface area contributed by atoms with Crippen LogP contribution in [0.3, 0.4) is 0 Å². The molecule has 0 bridgehead atoms. The molecule has 2 N–H and O–H groups in total. The standard InChI is InChI=1S/C14H17ClN2O6S/c1-9(13(16)18)23-14(19)11-8-10(2-3-12(11)15)24(20,21)17-4-6-22-7-5-17/h2-3,8-9H,4-7H2,1H3,(H2,16,18)/t9-/m0/s1. The van der Waals surface area contributed by atoms with E-state index in [0.717, 1.165) is 6.07 Å². The van der Waals surface area contributed by atoms with Crippen molar-refractivity contribution < 1.29 is 27.5 Å². The Balaban J connectivity index is 2.31. The van der Waals surface area contributed by atoms with Crippen molar-refractivity contribution in [2.75, 3.05) is 26.3 Å². The van der Waals surface area contributed by atoms with Crippen molar-refractivity contribution >= 4 is 33.5 Å². The van der Waals surface area contributed by atoms with Crippen LogP contribution in [-0.4, -0.2) is 57.0 Å². The second-order valence-electron chi connectivity index (χ2n) is 5.11. The molecule has 24 heavy (non-hydrogen) atoms. The van der Waals surface area contributed by atoms with Crippen LogP contribution >= 0.6 is 11.6 Å². The zero-order valence-corrected chi connectivity index (χ0v) is 14.5. The van der Waals surface area contributed by atoms with E-state index in [0.29, 0.717) is 13.2 Å². The Bertz CT molecular complexity index is 746. The van der Waals surface area contributed by atoms with E-state index >= 15 is 0 Å². The van der Waals surface area contributed by atoms with Gasteiger partial charge in [-0.25, -0.2) is 13.2 Å². The molecule has 0 radical (unpaired) electrons. The fraction of sp³-hybridized carbons (Fsp3) is 0.429. The van der Waals surface area contributed by atoms with E-state index < -0.39 is 28.0 Å². The fourth-order valence-electron chi connectivity index (χ4n) is 2.04. The molecule has 1 aliphatic rings. The molecule has 1 heterocycles. The lowest BCUT2D eigenvalue weighted by molar-refractivity contribution is -0.125. The maximum Gasteiger partial charge on any atom is 0.340 e. The average molecular weight is 377 g/mol. The highest BCUT2D eigenvalue weighted by Gasteiger charge is 2.28. The number of rotatable bonds is 5. The summed E-state index contributed by atoms with van der Waals surface area (Å²) in [6.45, 7) is 2.37. The minimum Gasteiger partial charge on any atom is -0.449 e. The molecular weight excluding hydrogens is 360 g/mol. The first-order chi connectivity index (χ1) is 11.2. The van der Waals surface area contributed by atoms with Gasteiger partial charge in [0.25, 0.3) is 5.91 Å². The van der Waals surface area contributed by atoms with Crippen molar-refractivity contribution in [2.45, 2.75) is 17.9 Å². The van der Waals surface area contributed by atoms with Gasteiger partial charge in [0.1, 0.15) is 0 Å². The molecule has 1 saturated heterocycles. The monoisotopic (exact) mass is 376 g/mol. The van der Waals surface area contributed by atoms with E-state index in [2.05, 4.69) is 0 Å². The number of esters is 1. The number of carbonyl (C=O) groups excluding carboxylic acids is 2. The van der Waals surface area contributed by atoms with Crippen LogP contribution < -0.4 is 5.73 Å². The second-order valence-corrected chi connectivity index (χ2v) is 7.45. The molecule has 1 aromatic carbocycles. The van der Waals surface area contributed by atoms with Gasteiger partial charge in [-0.05, 0) is 25.1 Å². The Kier molecular flexibility index (Phi) is 5.81. The number of ether oxygens (including phenoxy) is 2. The summed E-state index contributed by atoms with van der Waals surface area (Å²) in [7, 11) is -3.78. The topological polar surface area (TPSA) is 116 Å². The Morgan fingerprint density at radius 3 is 2.54 bits per heavy atom. The van der Waals surface area contributed by atoms with Crippen LogP contribution in [0.2, 0.25) is 5.02 Å². The van der Waals surface area contributed by atoms with Crippen LogP contribution in [0.25, 0.3) is 0 Å². The lowest BCUT2D eigenvalue weighted by Crippen LogP contribution is -2.40. The number of primary amides is 1. The molecule has 2 rings (SSSR count). The zero-order chi connectivity index (χ0) is 17.9. The van der Waals surface area contributed by atoms with Gasteiger partial charge in [-0.1, -0.05) is 11.6 Å². The van der Waals surface area contributed by atoms with Crippen molar-refractivity contribution in [1.29, 1.82) is 0 Å². The smallest absolute Gasteiger partial charge is 0.340 e. The number of amides is 1. The molecule has 1 aromatic rings. The SMILES string of the molecule is C[C@H](OC(=O)c1cc(S(=O)(=O)N2CCOCC2)ccc1Cl)C(N)=O. The maximum absolute atomic E-state index is 12.6. The number of sulfonamides is 1. The average Bonchev–Trinajstić information content (AvgIpc) is 2.55. The van der Waals surface area contributed by atoms with Gasteiger partial charge in [-0.3, -0.25) is 4.79 Å². The third-order valence-corrected chi connectivity index (χ3v) is 5.67. The molecule has 0 saturated carbocycles. The quantitative estimate of drug-likeness (QED) is 0.743. The first kappa shape index (κ1) is 18.7. The largest absolute Gasteiger partial charge is 0.449 e. The van der Waals surface area contributed by atoms with Gasteiger partial charge in [0.2, 0.25) is 10.0 Å². The summed E-state index contributed by atoms with van der Waals surface area (Å²) in [6.07, 6.45) is -1.16. The van der Waals surface area contributed by atoms with Crippen LogP contribution in [0.1, 0.15) is 17.3 Å². The molecule has 1 fully saturated rings. The lowest BCUT2D eigenvalue weighted by Gasteiger charge is -2.26.